The fourth-order valence-corrected chi connectivity index (χ4v) is 2.15. The Hall–Kier alpha value is -3.16. The lowest BCUT2D eigenvalue weighted by molar-refractivity contribution is -0.116. The van der Waals surface area contributed by atoms with E-state index in [0.717, 1.165) is 12.1 Å². The van der Waals surface area contributed by atoms with Crippen molar-refractivity contribution in [3.8, 4) is 5.75 Å². The number of hydrogen-bond acceptors (Lipinski definition) is 4. The molecule has 2 rings (SSSR count). The zero-order valence-corrected chi connectivity index (χ0v) is 15.8. The minimum atomic E-state index is -0.728. The van der Waals surface area contributed by atoms with Crippen molar-refractivity contribution in [2.24, 2.45) is 0 Å². The van der Waals surface area contributed by atoms with Gasteiger partial charge in [0.15, 0.2) is 0 Å². The second kappa shape index (κ2) is 9.16. The summed E-state index contributed by atoms with van der Waals surface area (Å²) in [6.45, 7) is 5.17. The van der Waals surface area contributed by atoms with Crippen molar-refractivity contribution in [3.05, 3.63) is 54.1 Å². The van der Waals surface area contributed by atoms with Gasteiger partial charge in [-0.1, -0.05) is 0 Å². The summed E-state index contributed by atoms with van der Waals surface area (Å²) < 4.78 is 36.9. The van der Waals surface area contributed by atoms with Crippen LogP contribution >= 0.6 is 0 Å². The van der Waals surface area contributed by atoms with Crippen LogP contribution in [0, 0.1) is 11.6 Å². The molecule has 28 heavy (non-hydrogen) atoms. The Balaban J connectivity index is 1.94. The molecule has 0 spiro atoms. The van der Waals surface area contributed by atoms with Gasteiger partial charge in [-0.2, -0.15) is 0 Å². The van der Waals surface area contributed by atoms with E-state index in [-0.39, 0.29) is 30.2 Å². The highest BCUT2D eigenvalue weighted by Crippen LogP contribution is 2.24. The molecule has 0 saturated heterocycles. The highest BCUT2D eigenvalue weighted by molar-refractivity contribution is 5.97. The third-order valence-electron chi connectivity index (χ3n) is 3.30. The Morgan fingerprint density at radius 2 is 1.57 bits per heavy atom. The van der Waals surface area contributed by atoms with Crippen LogP contribution < -0.4 is 15.4 Å². The van der Waals surface area contributed by atoms with Gasteiger partial charge in [0, 0.05) is 0 Å². The van der Waals surface area contributed by atoms with Crippen molar-refractivity contribution in [1.29, 1.82) is 0 Å². The topological polar surface area (TPSA) is 76.7 Å². The molecule has 0 aliphatic carbocycles. The van der Waals surface area contributed by atoms with Gasteiger partial charge in [0.05, 0.1) is 24.4 Å². The standard InChI is InChI=1S/C20H22F2N2O4/c1-20(2,3)28-19(26)24-16-9-6-14(22)12-17(16)23-18(25)10-11-27-15-7-4-13(21)5-8-15/h4-9,12H,10-11H2,1-3H3,(H,23,25)(H,24,26). The summed E-state index contributed by atoms with van der Waals surface area (Å²) in [7, 11) is 0. The molecular weight excluding hydrogens is 370 g/mol. The maximum atomic E-state index is 13.6. The van der Waals surface area contributed by atoms with Crippen molar-refractivity contribution in [2.75, 3.05) is 17.2 Å². The van der Waals surface area contributed by atoms with Crippen molar-refractivity contribution in [1.82, 2.24) is 0 Å². The van der Waals surface area contributed by atoms with E-state index in [9.17, 15) is 18.4 Å². The summed E-state index contributed by atoms with van der Waals surface area (Å²) in [6.07, 6.45) is -0.756. The number of carbonyl (C=O) groups excluding carboxylic acids is 2. The quantitative estimate of drug-likeness (QED) is 0.746. The first kappa shape index (κ1) is 21.1. The number of ether oxygens (including phenoxy) is 2. The van der Waals surface area contributed by atoms with E-state index in [1.807, 2.05) is 0 Å². The van der Waals surface area contributed by atoms with Gasteiger partial charge >= 0.3 is 6.09 Å². The molecule has 8 heteroatoms. The van der Waals surface area contributed by atoms with Crippen LogP contribution in [0.1, 0.15) is 27.2 Å². The molecule has 0 aliphatic heterocycles. The number of benzene rings is 2. The average Bonchev–Trinajstić information content (AvgIpc) is 2.57. The van der Waals surface area contributed by atoms with Crippen molar-refractivity contribution in [2.45, 2.75) is 32.8 Å². The maximum absolute atomic E-state index is 13.6. The molecule has 0 bridgehead atoms. The minimum absolute atomic E-state index is 0.0280. The predicted molar refractivity (Wildman–Crippen MR) is 101 cm³/mol. The van der Waals surface area contributed by atoms with Gasteiger partial charge in [-0.25, -0.2) is 13.6 Å². The van der Waals surface area contributed by atoms with E-state index in [0.29, 0.717) is 5.75 Å². The SMILES string of the molecule is CC(C)(C)OC(=O)Nc1ccc(F)cc1NC(=O)CCOc1ccc(F)cc1. The molecule has 0 heterocycles. The molecule has 6 nitrogen and oxygen atoms in total. The Kier molecular flexibility index (Phi) is 6.92. The lowest BCUT2D eigenvalue weighted by Crippen LogP contribution is -2.27. The summed E-state index contributed by atoms with van der Waals surface area (Å²) >= 11 is 0. The number of nitrogens with one attached hydrogen (secondary N) is 2. The fraction of sp³-hybridized carbons (Fsp3) is 0.300. The highest BCUT2D eigenvalue weighted by Gasteiger charge is 2.18. The summed E-state index contributed by atoms with van der Waals surface area (Å²) in [5, 5.41) is 5.00. The van der Waals surface area contributed by atoms with Gasteiger partial charge in [-0.3, -0.25) is 10.1 Å². The predicted octanol–water partition coefficient (Wildman–Crippen LogP) is 4.72. The van der Waals surface area contributed by atoms with Crippen molar-refractivity contribution in [3.63, 3.8) is 0 Å². The van der Waals surface area contributed by atoms with Crippen LogP contribution in [-0.2, 0) is 9.53 Å². The van der Waals surface area contributed by atoms with Crippen molar-refractivity contribution < 1.29 is 27.8 Å². The second-order valence-corrected chi connectivity index (χ2v) is 6.92. The molecule has 2 amide bonds. The molecule has 0 saturated carbocycles. The van der Waals surface area contributed by atoms with Crippen molar-refractivity contribution >= 4 is 23.4 Å². The van der Waals surface area contributed by atoms with E-state index >= 15 is 0 Å². The van der Waals surface area contributed by atoms with Gasteiger partial charge < -0.3 is 14.8 Å². The first-order chi connectivity index (χ1) is 13.1. The molecule has 0 fully saturated rings. The number of halogens is 2. The van der Waals surface area contributed by atoms with Gasteiger partial charge in [-0.15, -0.1) is 0 Å². The normalized spacial score (nSPS) is 10.9. The second-order valence-electron chi connectivity index (χ2n) is 6.92. The first-order valence-corrected chi connectivity index (χ1v) is 8.60. The van der Waals surface area contributed by atoms with Crippen LogP contribution in [0.5, 0.6) is 5.75 Å². The number of anilines is 2. The molecule has 0 atom stereocenters. The zero-order chi connectivity index (χ0) is 20.7. The molecule has 150 valence electrons. The largest absolute Gasteiger partial charge is 0.493 e. The summed E-state index contributed by atoms with van der Waals surface area (Å²) in [4.78, 5) is 24.0. The minimum Gasteiger partial charge on any atom is -0.493 e. The third-order valence-corrected chi connectivity index (χ3v) is 3.30. The van der Waals surface area contributed by atoms with Crippen LogP contribution in [0.2, 0.25) is 0 Å². The highest BCUT2D eigenvalue weighted by atomic mass is 19.1. The van der Waals surface area contributed by atoms with Gasteiger partial charge in [0.25, 0.3) is 0 Å². The van der Waals surface area contributed by atoms with E-state index in [4.69, 9.17) is 9.47 Å². The molecule has 0 radical (unpaired) electrons. The van der Waals surface area contributed by atoms with E-state index in [1.165, 1.54) is 30.3 Å². The van der Waals surface area contributed by atoms with E-state index in [1.54, 1.807) is 20.8 Å². The van der Waals surface area contributed by atoms with Crippen LogP contribution in [0.3, 0.4) is 0 Å². The molecule has 0 aromatic heterocycles. The average molecular weight is 392 g/mol. The van der Waals surface area contributed by atoms with Gasteiger partial charge in [0.1, 0.15) is 23.0 Å². The summed E-state index contributed by atoms with van der Waals surface area (Å²) in [5.41, 5.74) is -0.410. The number of hydrogen-bond donors (Lipinski definition) is 2. The van der Waals surface area contributed by atoms with Crippen LogP contribution in [0.4, 0.5) is 25.0 Å². The molecule has 2 aromatic rings. The first-order valence-electron chi connectivity index (χ1n) is 8.60. The number of amides is 2. The van der Waals surface area contributed by atoms with E-state index < -0.39 is 23.4 Å². The van der Waals surface area contributed by atoms with Crippen LogP contribution in [0.25, 0.3) is 0 Å². The monoisotopic (exact) mass is 392 g/mol. The van der Waals surface area contributed by atoms with E-state index in [2.05, 4.69) is 10.6 Å². The molecule has 0 unspecified atom stereocenters. The Morgan fingerprint density at radius 1 is 0.929 bits per heavy atom. The van der Waals surface area contributed by atoms with Crippen LogP contribution in [-0.4, -0.2) is 24.2 Å². The smallest absolute Gasteiger partial charge is 0.412 e. The lowest BCUT2D eigenvalue weighted by atomic mass is 10.2. The summed E-state index contributed by atoms with van der Waals surface area (Å²) in [5.74, 6) is -0.985. The van der Waals surface area contributed by atoms with Gasteiger partial charge in [0.2, 0.25) is 5.91 Å². The molecule has 2 N–H and O–H groups in total. The summed E-state index contributed by atoms with van der Waals surface area (Å²) in [6, 6.07) is 8.95. The number of rotatable bonds is 6. The zero-order valence-electron chi connectivity index (χ0n) is 15.8. The maximum Gasteiger partial charge on any atom is 0.412 e. The fourth-order valence-electron chi connectivity index (χ4n) is 2.15. The third kappa shape index (κ3) is 7.22. The Bertz CT molecular complexity index is 833. The Labute approximate surface area is 161 Å². The molecular formula is C20H22F2N2O4. The van der Waals surface area contributed by atoms with Gasteiger partial charge in [-0.05, 0) is 63.2 Å². The lowest BCUT2D eigenvalue weighted by Gasteiger charge is -2.20. The van der Waals surface area contributed by atoms with Crippen LogP contribution in [0.15, 0.2) is 42.5 Å². The number of carbonyl (C=O) groups is 2. The molecule has 0 aliphatic rings. The Morgan fingerprint density at radius 3 is 2.21 bits per heavy atom. The molecule has 2 aromatic carbocycles.